The zero-order valence-corrected chi connectivity index (χ0v) is 17.4. The summed E-state index contributed by atoms with van der Waals surface area (Å²) in [5.41, 5.74) is 4.38. The van der Waals surface area contributed by atoms with Gasteiger partial charge >= 0.3 is 0 Å². The Morgan fingerprint density at radius 1 is 1.11 bits per heavy atom. The molecule has 5 nitrogen and oxygen atoms in total. The monoisotopic (exact) mass is 398 g/mol. The molecule has 1 aliphatic rings. The molecule has 0 bridgehead atoms. The van der Waals surface area contributed by atoms with E-state index < -0.39 is 0 Å². The van der Waals surface area contributed by atoms with Crippen LogP contribution in [0.1, 0.15) is 28.9 Å². The molecule has 1 aromatic carbocycles. The summed E-state index contributed by atoms with van der Waals surface area (Å²) >= 11 is 1.03. The molecule has 148 valence electrons. The number of hydrogen-bond acceptors (Lipinski definition) is 4. The number of carbonyl (C=O) groups is 2. The van der Waals surface area contributed by atoms with Gasteiger partial charge in [-0.2, -0.15) is 0 Å². The molecule has 28 heavy (non-hydrogen) atoms. The van der Waals surface area contributed by atoms with Gasteiger partial charge in [0.2, 0.25) is 0 Å². The van der Waals surface area contributed by atoms with E-state index in [1.165, 1.54) is 10.5 Å². The minimum absolute atomic E-state index is 0.183. The van der Waals surface area contributed by atoms with Crippen molar-refractivity contribution < 1.29 is 14.3 Å². The second-order valence-corrected chi connectivity index (χ2v) is 7.89. The zero-order valence-electron chi connectivity index (χ0n) is 16.6. The Bertz CT molecular complexity index is 887. The molecule has 0 spiro atoms. The molecule has 2 amide bonds. The molecule has 0 unspecified atom stereocenters. The van der Waals surface area contributed by atoms with Gasteiger partial charge in [-0.3, -0.25) is 14.5 Å². The normalized spacial score (nSPS) is 15.8. The van der Waals surface area contributed by atoms with Crippen molar-refractivity contribution in [3.63, 3.8) is 0 Å². The Balaban J connectivity index is 1.67. The maximum absolute atomic E-state index is 12.7. The van der Waals surface area contributed by atoms with Crippen LogP contribution in [0, 0.1) is 13.8 Å². The van der Waals surface area contributed by atoms with Gasteiger partial charge in [0.15, 0.2) is 0 Å². The van der Waals surface area contributed by atoms with E-state index in [0.717, 1.165) is 48.1 Å². The first-order chi connectivity index (χ1) is 13.5. The smallest absolute Gasteiger partial charge is 0.293 e. The molecule has 2 heterocycles. The summed E-state index contributed by atoms with van der Waals surface area (Å²) < 4.78 is 7.33. The molecule has 1 aromatic heterocycles. The first kappa shape index (κ1) is 20.4. The van der Waals surface area contributed by atoms with Gasteiger partial charge in [-0.25, -0.2) is 0 Å². The van der Waals surface area contributed by atoms with Crippen LogP contribution in [0.5, 0.6) is 0 Å². The number of aryl methyl sites for hydroxylation is 2. The van der Waals surface area contributed by atoms with E-state index in [-0.39, 0.29) is 11.1 Å². The lowest BCUT2D eigenvalue weighted by Crippen LogP contribution is -2.29. The zero-order chi connectivity index (χ0) is 20.1. The molecule has 0 saturated carbocycles. The second kappa shape index (κ2) is 9.26. The topological polar surface area (TPSA) is 51.5 Å². The van der Waals surface area contributed by atoms with E-state index in [1.54, 1.807) is 7.11 Å². The number of amides is 2. The van der Waals surface area contributed by atoms with Crippen LogP contribution in [-0.4, -0.2) is 40.9 Å². The Kier molecular flexibility index (Phi) is 6.75. The van der Waals surface area contributed by atoms with Crippen LogP contribution in [-0.2, 0) is 22.5 Å². The third kappa shape index (κ3) is 4.56. The van der Waals surface area contributed by atoms with Crippen molar-refractivity contribution in [1.82, 2.24) is 9.47 Å². The molecule has 1 aliphatic heterocycles. The molecule has 0 aliphatic carbocycles. The summed E-state index contributed by atoms with van der Waals surface area (Å²) in [5.74, 6) is -0.190. The van der Waals surface area contributed by atoms with Crippen molar-refractivity contribution in [3.05, 3.63) is 63.8 Å². The Morgan fingerprint density at radius 2 is 1.86 bits per heavy atom. The highest BCUT2D eigenvalue weighted by Crippen LogP contribution is 2.33. The fraction of sp³-hybridized carbons (Fsp3) is 0.364. The van der Waals surface area contributed by atoms with E-state index in [2.05, 4.69) is 16.7 Å². The van der Waals surface area contributed by atoms with Crippen molar-refractivity contribution in [2.75, 3.05) is 20.3 Å². The van der Waals surface area contributed by atoms with Crippen LogP contribution >= 0.6 is 11.8 Å². The summed E-state index contributed by atoms with van der Waals surface area (Å²) in [4.78, 5) is 26.9. The lowest BCUT2D eigenvalue weighted by Gasteiger charge is -2.12. The molecule has 0 N–H and O–H groups in total. The van der Waals surface area contributed by atoms with Crippen LogP contribution in [0.4, 0.5) is 4.79 Å². The van der Waals surface area contributed by atoms with Gasteiger partial charge in [-0.15, -0.1) is 0 Å². The maximum atomic E-state index is 12.7. The lowest BCUT2D eigenvalue weighted by molar-refractivity contribution is -0.122. The molecule has 2 aromatic rings. The van der Waals surface area contributed by atoms with Crippen LogP contribution < -0.4 is 0 Å². The number of hydrogen-bond donors (Lipinski definition) is 0. The highest BCUT2D eigenvalue weighted by molar-refractivity contribution is 8.18. The van der Waals surface area contributed by atoms with Gasteiger partial charge in [0.25, 0.3) is 11.1 Å². The molecular formula is C22H26N2O3S. The number of nitrogens with zero attached hydrogens (tertiary/aromatic N) is 2. The van der Waals surface area contributed by atoms with Crippen LogP contribution in [0.15, 0.2) is 41.3 Å². The van der Waals surface area contributed by atoms with Crippen LogP contribution in [0.25, 0.3) is 6.08 Å². The highest BCUT2D eigenvalue weighted by Gasteiger charge is 2.34. The quantitative estimate of drug-likeness (QED) is 0.618. The minimum Gasteiger partial charge on any atom is -0.383 e. The van der Waals surface area contributed by atoms with Crippen molar-refractivity contribution in [2.45, 2.75) is 33.2 Å². The fourth-order valence-electron chi connectivity index (χ4n) is 3.42. The Labute approximate surface area is 170 Å². The van der Waals surface area contributed by atoms with E-state index in [1.807, 2.05) is 44.2 Å². The molecular weight excluding hydrogens is 372 g/mol. The van der Waals surface area contributed by atoms with E-state index in [4.69, 9.17) is 4.74 Å². The predicted octanol–water partition coefficient (Wildman–Crippen LogP) is 4.42. The van der Waals surface area contributed by atoms with Gasteiger partial charge < -0.3 is 9.30 Å². The summed E-state index contributed by atoms with van der Waals surface area (Å²) in [6, 6.07) is 12.2. The SMILES string of the molecule is COCCn1c(C)cc(/C=C2\SC(=O)N(CCCc3ccccc3)C2=O)c1C. The third-order valence-corrected chi connectivity index (χ3v) is 5.89. The van der Waals surface area contributed by atoms with E-state index >= 15 is 0 Å². The number of aromatic nitrogens is 1. The minimum atomic E-state index is -0.190. The second-order valence-electron chi connectivity index (χ2n) is 6.89. The summed E-state index contributed by atoms with van der Waals surface area (Å²) in [7, 11) is 1.68. The molecule has 1 fully saturated rings. The largest absolute Gasteiger partial charge is 0.383 e. The van der Waals surface area contributed by atoms with Crippen molar-refractivity contribution in [1.29, 1.82) is 0 Å². The first-order valence-corrected chi connectivity index (χ1v) is 10.3. The fourth-order valence-corrected chi connectivity index (χ4v) is 4.28. The average Bonchev–Trinajstić information content (AvgIpc) is 3.10. The summed E-state index contributed by atoms with van der Waals surface area (Å²) in [5, 5.41) is -0.183. The first-order valence-electron chi connectivity index (χ1n) is 9.46. The van der Waals surface area contributed by atoms with Gasteiger partial charge in [-0.1, -0.05) is 30.3 Å². The van der Waals surface area contributed by atoms with Gasteiger partial charge in [0, 0.05) is 31.6 Å². The number of imide groups is 1. The third-order valence-electron chi connectivity index (χ3n) is 4.98. The molecule has 1 saturated heterocycles. The molecule has 6 heteroatoms. The van der Waals surface area contributed by atoms with Gasteiger partial charge in [0.1, 0.15) is 0 Å². The number of benzene rings is 1. The van der Waals surface area contributed by atoms with Crippen molar-refractivity contribution in [3.8, 4) is 0 Å². The summed E-state index contributed by atoms with van der Waals surface area (Å²) in [6.45, 7) is 5.91. The lowest BCUT2D eigenvalue weighted by atomic mass is 10.1. The number of methoxy groups -OCH3 is 1. The van der Waals surface area contributed by atoms with Crippen molar-refractivity contribution in [2.24, 2.45) is 0 Å². The number of ether oxygens (including phenoxy) is 1. The Morgan fingerprint density at radius 3 is 2.57 bits per heavy atom. The Hall–Kier alpha value is -2.31. The van der Waals surface area contributed by atoms with Crippen LogP contribution in [0.2, 0.25) is 0 Å². The standard InChI is InChI=1S/C22H26N2O3S/c1-16-14-19(17(2)23(16)12-13-27-3)15-20-21(25)24(22(26)28-20)11-7-10-18-8-5-4-6-9-18/h4-6,8-9,14-15H,7,10-13H2,1-3H3/b20-15-. The average molecular weight is 399 g/mol. The number of thioether (sulfide) groups is 1. The maximum Gasteiger partial charge on any atom is 0.293 e. The van der Waals surface area contributed by atoms with Gasteiger partial charge in [0.05, 0.1) is 11.5 Å². The van der Waals surface area contributed by atoms with E-state index in [9.17, 15) is 9.59 Å². The van der Waals surface area contributed by atoms with Gasteiger partial charge in [-0.05, 0) is 61.7 Å². The molecule has 0 radical (unpaired) electrons. The highest BCUT2D eigenvalue weighted by atomic mass is 32.2. The predicted molar refractivity (Wildman–Crippen MR) is 113 cm³/mol. The molecule has 0 atom stereocenters. The van der Waals surface area contributed by atoms with Crippen molar-refractivity contribution >= 4 is 29.0 Å². The van der Waals surface area contributed by atoms with E-state index in [0.29, 0.717) is 18.1 Å². The number of carbonyl (C=O) groups excluding carboxylic acids is 2. The summed E-state index contributed by atoms with van der Waals surface area (Å²) in [6.07, 6.45) is 3.46. The number of rotatable bonds is 8. The molecule has 3 rings (SSSR count). The van der Waals surface area contributed by atoms with Crippen LogP contribution in [0.3, 0.4) is 0 Å².